The summed E-state index contributed by atoms with van der Waals surface area (Å²) in [5, 5.41) is 0.861. The van der Waals surface area contributed by atoms with E-state index in [0.717, 1.165) is 11.1 Å². The first-order valence-corrected chi connectivity index (χ1v) is 2.54. The van der Waals surface area contributed by atoms with Gasteiger partial charge in [-0.25, -0.2) is 5.43 Å². The first-order valence-electron chi connectivity index (χ1n) is 2.54. The molecular weight excluding hydrogens is 145 g/mol. The zero-order valence-electron chi connectivity index (χ0n) is 5.16. The number of rotatable bonds is 0. The minimum absolute atomic E-state index is 0.729. The van der Waals surface area contributed by atoms with Gasteiger partial charge in [0.1, 0.15) is 12.2 Å². The second-order valence-electron chi connectivity index (χ2n) is 1.84. The van der Waals surface area contributed by atoms with Crippen molar-refractivity contribution in [3.63, 3.8) is 0 Å². The van der Waals surface area contributed by atoms with Crippen LogP contribution < -0.4 is 5.43 Å². The molecule has 0 amide bonds. The Hall–Kier alpha value is -0.710. The summed E-state index contributed by atoms with van der Waals surface area (Å²) in [4.78, 5) is 0. The topological polar surface area (TPSA) is 15.3 Å². The van der Waals surface area contributed by atoms with Crippen LogP contribution in [0.3, 0.4) is 0 Å². The van der Waals surface area contributed by atoms with E-state index < -0.39 is 11.9 Å². The van der Waals surface area contributed by atoms with E-state index in [0.29, 0.717) is 0 Å². The standard InChI is InChI=1S/C5H5F3N2/c1-10-4(2-3-9-10)5(6,7)8/h2,9H,1H3. The average molecular weight is 150 g/mol. The number of hydrogen-bond acceptors (Lipinski definition) is 2. The molecule has 0 bridgehead atoms. The van der Waals surface area contributed by atoms with E-state index in [9.17, 15) is 13.2 Å². The van der Waals surface area contributed by atoms with Gasteiger partial charge in [-0.15, -0.1) is 0 Å². The highest BCUT2D eigenvalue weighted by atomic mass is 19.4. The van der Waals surface area contributed by atoms with Gasteiger partial charge < -0.3 is 5.01 Å². The lowest BCUT2D eigenvalue weighted by Gasteiger charge is -2.17. The molecule has 0 aromatic heterocycles. The van der Waals surface area contributed by atoms with Crippen LogP contribution in [-0.2, 0) is 0 Å². The molecule has 2 nitrogen and oxygen atoms in total. The predicted molar refractivity (Wildman–Crippen MR) is 28.3 cm³/mol. The van der Waals surface area contributed by atoms with Crippen molar-refractivity contribution in [1.29, 1.82) is 0 Å². The summed E-state index contributed by atoms with van der Waals surface area (Å²) < 4.78 is 35.5. The number of alkyl halides is 3. The lowest BCUT2D eigenvalue weighted by atomic mass is 10.4. The molecule has 5 heteroatoms. The quantitative estimate of drug-likeness (QED) is 0.552. The maximum absolute atomic E-state index is 11.8. The molecule has 56 valence electrons. The third-order valence-electron chi connectivity index (χ3n) is 1.09. The van der Waals surface area contributed by atoms with Crippen molar-refractivity contribution in [3.05, 3.63) is 18.3 Å². The van der Waals surface area contributed by atoms with Gasteiger partial charge in [0, 0.05) is 7.05 Å². The minimum Gasteiger partial charge on any atom is -0.306 e. The van der Waals surface area contributed by atoms with Gasteiger partial charge in [-0.2, -0.15) is 13.2 Å². The fourth-order valence-electron chi connectivity index (χ4n) is 0.627. The molecule has 0 fully saturated rings. The summed E-state index contributed by atoms with van der Waals surface area (Å²) >= 11 is 0. The van der Waals surface area contributed by atoms with Crippen molar-refractivity contribution in [1.82, 2.24) is 10.4 Å². The van der Waals surface area contributed by atoms with Crippen molar-refractivity contribution in [2.45, 2.75) is 6.18 Å². The molecule has 2 radical (unpaired) electrons. The third-order valence-corrected chi connectivity index (χ3v) is 1.09. The van der Waals surface area contributed by atoms with E-state index in [1.807, 2.05) is 0 Å². The Labute approximate surface area is 56.3 Å². The van der Waals surface area contributed by atoms with E-state index in [2.05, 4.69) is 12.0 Å². The molecule has 0 aromatic carbocycles. The zero-order chi connectivity index (χ0) is 7.78. The number of hydrogen-bond donors (Lipinski definition) is 1. The van der Waals surface area contributed by atoms with Gasteiger partial charge in [0.25, 0.3) is 0 Å². The fraction of sp³-hybridized carbons (Fsp3) is 0.400. The van der Waals surface area contributed by atoms with Crippen LogP contribution in [0.2, 0.25) is 0 Å². The van der Waals surface area contributed by atoms with E-state index in [1.165, 1.54) is 7.05 Å². The number of allylic oxidation sites excluding steroid dienone is 1. The second-order valence-corrected chi connectivity index (χ2v) is 1.84. The summed E-state index contributed by atoms with van der Waals surface area (Å²) in [5.41, 5.74) is 1.52. The Bertz CT molecular complexity index is 161. The van der Waals surface area contributed by atoms with Crippen molar-refractivity contribution < 1.29 is 13.2 Å². The van der Waals surface area contributed by atoms with Crippen LogP contribution in [0, 0.1) is 6.54 Å². The highest BCUT2D eigenvalue weighted by molar-refractivity contribution is 5.15. The molecule has 0 aliphatic carbocycles. The second kappa shape index (κ2) is 2.16. The van der Waals surface area contributed by atoms with Gasteiger partial charge in [0.2, 0.25) is 0 Å². The van der Waals surface area contributed by atoms with Gasteiger partial charge in [-0.05, 0) is 6.08 Å². The monoisotopic (exact) mass is 150 g/mol. The molecule has 0 atom stereocenters. The number of nitrogens with zero attached hydrogens (tertiary/aromatic N) is 1. The Morgan fingerprint density at radius 3 is 2.40 bits per heavy atom. The summed E-state index contributed by atoms with van der Waals surface area (Å²) in [6.45, 7) is 2.22. The summed E-state index contributed by atoms with van der Waals surface area (Å²) in [6, 6.07) is 0. The van der Waals surface area contributed by atoms with Gasteiger partial charge >= 0.3 is 6.18 Å². The van der Waals surface area contributed by atoms with E-state index in [-0.39, 0.29) is 0 Å². The normalized spacial score (nSPS) is 19.6. The lowest BCUT2D eigenvalue weighted by Crippen LogP contribution is -2.31. The molecule has 0 saturated heterocycles. The largest absolute Gasteiger partial charge is 0.432 e. The Morgan fingerprint density at radius 1 is 1.60 bits per heavy atom. The Balaban J connectivity index is 2.72. The summed E-state index contributed by atoms with van der Waals surface area (Å²) in [6.07, 6.45) is -3.43. The van der Waals surface area contributed by atoms with E-state index in [1.54, 1.807) is 0 Å². The molecule has 1 heterocycles. The maximum atomic E-state index is 11.8. The fourth-order valence-corrected chi connectivity index (χ4v) is 0.627. The third kappa shape index (κ3) is 1.23. The van der Waals surface area contributed by atoms with E-state index in [4.69, 9.17) is 0 Å². The molecule has 1 N–H and O–H groups in total. The highest BCUT2D eigenvalue weighted by Gasteiger charge is 2.38. The summed E-state index contributed by atoms with van der Waals surface area (Å²) in [5.74, 6) is 0. The van der Waals surface area contributed by atoms with Crippen LogP contribution >= 0.6 is 0 Å². The number of nitrogens with one attached hydrogen (secondary N) is 1. The van der Waals surface area contributed by atoms with Crippen LogP contribution in [-0.4, -0.2) is 18.2 Å². The Morgan fingerprint density at radius 2 is 2.20 bits per heavy atom. The molecular formula is C5H5F3N2. The average Bonchev–Trinajstić information content (AvgIpc) is 2.11. The van der Waals surface area contributed by atoms with Crippen molar-refractivity contribution >= 4 is 0 Å². The molecule has 1 rings (SSSR count). The van der Waals surface area contributed by atoms with Crippen LogP contribution in [0.1, 0.15) is 0 Å². The molecule has 0 saturated carbocycles. The number of halogens is 3. The van der Waals surface area contributed by atoms with Crippen LogP contribution in [0.5, 0.6) is 0 Å². The predicted octanol–water partition coefficient (Wildman–Crippen LogP) is 0.921. The molecule has 0 unspecified atom stereocenters. The maximum Gasteiger partial charge on any atom is 0.432 e. The molecule has 10 heavy (non-hydrogen) atoms. The minimum atomic E-state index is -4.29. The van der Waals surface area contributed by atoms with Gasteiger partial charge in [0.15, 0.2) is 0 Å². The first kappa shape index (κ1) is 7.40. The van der Waals surface area contributed by atoms with Crippen molar-refractivity contribution in [3.8, 4) is 0 Å². The zero-order valence-corrected chi connectivity index (χ0v) is 5.16. The summed E-state index contributed by atoms with van der Waals surface area (Å²) in [7, 11) is 1.28. The lowest BCUT2D eigenvalue weighted by molar-refractivity contribution is -0.110. The van der Waals surface area contributed by atoms with Gasteiger partial charge in [-0.1, -0.05) is 0 Å². The Kier molecular flexibility index (Phi) is 1.60. The van der Waals surface area contributed by atoms with Crippen LogP contribution in [0.15, 0.2) is 11.8 Å². The van der Waals surface area contributed by atoms with Crippen LogP contribution in [0.4, 0.5) is 13.2 Å². The van der Waals surface area contributed by atoms with Crippen LogP contribution in [0.25, 0.3) is 0 Å². The SMILES string of the molecule is CN1N[C]C=C1C(F)(F)F. The highest BCUT2D eigenvalue weighted by Crippen LogP contribution is 2.28. The van der Waals surface area contributed by atoms with Crippen molar-refractivity contribution in [2.24, 2.45) is 0 Å². The van der Waals surface area contributed by atoms with Gasteiger partial charge in [-0.3, -0.25) is 0 Å². The van der Waals surface area contributed by atoms with Crippen molar-refractivity contribution in [2.75, 3.05) is 7.05 Å². The smallest absolute Gasteiger partial charge is 0.306 e. The molecule has 0 spiro atoms. The van der Waals surface area contributed by atoms with Gasteiger partial charge in [0.05, 0.1) is 0 Å². The molecule has 1 aliphatic heterocycles. The molecule has 1 aliphatic rings. The number of hydrazine groups is 1. The van der Waals surface area contributed by atoms with E-state index >= 15 is 0 Å². The molecule has 0 aromatic rings. The first-order chi connectivity index (χ1) is 4.52.